The van der Waals surface area contributed by atoms with Crippen LogP contribution in [-0.2, 0) is 0 Å². The van der Waals surface area contributed by atoms with Crippen molar-refractivity contribution in [2.75, 3.05) is 26.2 Å². The first-order chi connectivity index (χ1) is 8.88. The molecular formula is C16H25NO. The van der Waals surface area contributed by atoms with E-state index in [0.29, 0.717) is 0 Å². The Hall–Kier alpha value is -1.02. The van der Waals surface area contributed by atoms with E-state index < -0.39 is 0 Å². The van der Waals surface area contributed by atoms with Gasteiger partial charge in [-0.2, -0.15) is 0 Å². The Morgan fingerprint density at radius 1 is 1.17 bits per heavy atom. The second-order valence-corrected chi connectivity index (χ2v) is 5.26. The van der Waals surface area contributed by atoms with Gasteiger partial charge in [0.05, 0.1) is 6.61 Å². The zero-order valence-electron chi connectivity index (χ0n) is 11.5. The monoisotopic (exact) mass is 247 g/mol. The number of hydrogen-bond donors (Lipinski definition) is 0. The highest BCUT2D eigenvalue weighted by molar-refractivity contribution is 5.20. The minimum absolute atomic E-state index is 0.828. The summed E-state index contributed by atoms with van der Waals surface area (Å²) in [5.74, 6) is 1.98. The van der Waals surface area contributed by atoms with E-state index in [9.17, 15) is 0 Å². The molecule has 0 spiro atoms. The van der Waals surface area contributed by atoms with Gasteiger partial charge in [-0.3, -0.25) is 0 Å². The summed E-state index contributed by atoms with van der Waals surface area (Å²) in [6.07, 6.45) is 5.27. The average Bonchev–Trinajstić information content (AvgIpc) is 3.20. The topological polar surface area (TPSA) is 12.5 Å². The van der Waals surface area contributed by atoms with Crippen LogP contribution in [-0.4, -0.2) is 31.1 Å². The molecule has 1 saturated carbocycles. The minimum Gasteiger partial charge on any atom is -0.494 e. The normalized spacial score (nSPS) is 15.0. The molecule has 0 unspecified atom stereocenters. The van der Waals surface area contributed by atoms with E-state index in [1.807, 2.05) is 30.3 Å². The molecule has 1 fully saturated rings. The predicted octanol–water partition coefficient (Wildman–Crippen LogP) is 3.58. The third kappa shape index (κ3) is 5.09. The molecule has 0 N–H and O–H groups in total. The van der Waals surface area contributed by atoms with Gasteiger partial charge in [0.25, 0.3) is 0 Å². The standard InChI is InChI=1S/C16H25NO/c1-2-11-17(14-15-9-10-15)12-6-13-18-16-7-4-3-5-8-16/h3-5,7-8,15H,2,6,9-14H2,1H3. The Kier molecular flexibility index (Phi) is 5.53. The number of nitrogens with zero attached hydrogens (tertiary/aromatic N) is 1. The molecule has 2 nitrogen and oxygen atoms in total. The SMILES string of the molecule is CCCN(CCCOc1ccccc1)CC1CC1. The fourth-order valence-electron chi connectivity index (χ4n) is 2.27. The molecule has 1 aliphatic rings. The lowest BCUT2D eigenvalue weighted by molar-refractivity contribution is 0.227. The maximum atomic E-state index is 5.73. The van der Waals surface area contributed by atoms with Gasteiger partial charge in [-0.25, -0.2) is 0 Å². The molecule has 0 aromatic heterocycles. The van der Waals surface area contributed by atoms with E-state index in [2.05, 4.69) is 11.8 Å². The zero-order valence-corrected chi connectivity index (χ0v) is 11.5. The molecule has 0 bridgehead atoms. The molecule has 100 valence electrons. The summed E-state index contributed by atoms with van der Waals surface area (Å²) in [6.45, 7) is 6.81. The van der Waals surface area contributed by atoms with Crippen LogP contribution in [0.25, 0.3) is 0 Å². The largest absolute Gasteiger partial charge is 0.494 e. The van der Waals surface area contributed by atoms with E-state index in [1.54, 1.807) is 0 Å². The van der Waals surface area contributed by atoms with Crippen molar-refractivity contribution in [3.8, 4) is 5.75 Å². The van der Waals surface area contributed by atoms with E-state index in [1.165, 1.54) is 38.9 Å². The molecule has 1 aromatic carbocycles. The van der Waals surface area contributed by atoms with Crippen molar-refractivity contribution in [2.45, 2.75) is 32.6 Å². The molecule has 2 heteroatoms. The van der Waals surface area contributed by atoms with Crippen LogP contribution in [0.5, 0.6) is 5.75 Å². The van der Waals surface area contributed by atoms with Crippen molar-refractivity contribution in [1.82, 2.24) is 4.90 Å². The van der Waals surface area contributed by atoms with Gasteiger partial charge in [-0.1, -0.05) is 25.1 Å². The first kappa shape index (κ1) is 13.4. The number of hydrogen-bond acceptors (Lipinski definition) is 2. The first-order valence-electron chi connectivity index (χ1n) is 7.28. The molecule has 0 saturated heterocycles. The highest BCUT2D eigenvalue weighted by Gasteiger charge is 2.23. The number of para-hydroxylation sites is 1. The van der Waals surface area contributed by atoms with Crippen LogP contribution in [0.2, 0.25) is 0 Å². The predicted molar refractivity (Wildman–Crippen MR) is 76.0 cm³/mol. The van der Waals surface area contributed by atoms with Gasteiger partial charge in [0.2, 0.25) is 0 Å². The van der Waals surface area contributed by atoms with Crippen LogP contribution in [0.1, 0.15) is 32.6 Å². The Bertz CT molecular complexity index is 321. The fourth-order valence-corrected chi connectivity index (χ4v) is 2.27. The lowest BCUT2D eigenvalue weighted by atomic mass is 10.3. The van der Waals surface area contributed by atoms with Crippen molar-refractivity contribution in [2.24, 2.45) is 5.92 Å². The molecule has 1 aliphatic carbocycles. The number of rotatable bonds is 9. The average molecular weight is 247 g/mol. The fraction of sp³-hybridized carbons (Fsp3) is 0.625. The van der Waals surface area contributed by atoms with Crippen molar-refractivity contribution >= 4 is 0 Å². The molecule has 0 radical (unpaired) electrons. The second kappa shape index (κ2) is 7.42. The van der Waals surface area contributed by atoms with Crippen LogP contribution in [0.3, 0.4) is 0 Å². The summed E-state index contributed by atoms with van der Waals surface area (Å²) in [4.78, 5) is 2.60. The molecule has 0 atom stereocenters. The van der Waals surface area contributed by atoms with Gasteiger partial charge in [0.1, 0.15) is 5.75 Å². The lowest BCUT2D eigenvalue weighted by Crippen LogP contribution is -2.29. The Morgan fingerprint density at radius 2 is 1.94 bits per heavy atom. The van der Waals surface area contributed by atoms with Crippen molar-refractivity contribution < 1.29 is 4.74 Å². The smallest absolute Gasteiger partial charge is 0.119 e. The summed E-state index contributed by atoms with van der Waals surface area (Å²) in [6, 6.07) is 10.1. The van der Waals surface area contributed by atoms with E-state index in [-0.39, 0.29) is 0 Å². The first-order valence-corrected chi connectivity index (χ1v) is 7.28. The minimum atomic E-state index is 0.828. The summed E-state index contributed by atoms with van der Waals surface area (Å²) >= 11 is 0. The highest BCUT2D eigenvalue weighted by atomic mass is 16.5. The molecular weight excluding hydrogens is 222 g/mol. The summed E-state index contributed by atoms with van der Waals surface area (Å²) < 4.78 is 5.73. The quantitative estimate of drug-likeness (QED) is 0.618. The molecule has 18 heavy (non-hydrogen) atoms. The summed E-state index contributed by atoms with van der Waals surface area (Å²) in [5.41, 5.74) is 0. The molecule has 2 rings (SSSR count). The van der Waals surface area contributed by atoms with E-state index in [0.717, 1.165) is 24.7 Å². The highest BCUT2D eigenvalue weighted by Crippen LogP contribution is 2.29. The van der Waals surface area contributed by atoms with Crippen molar-refractivity contribution in [3.05, 3.63) is 30.3 Å². The molecule has 0 heterocycles. The van der Waals surface area contributed by atoms with Gasteiger partial charge in [0, 0.05) is 13.1 Å². The third-order valence-electron chi connectivity index (χ3n) is 3.38. The number of benzene rings is 1. The van der Waals surface area contributed by atoms with Gasteiger partial charge in [0.15, 0.2) is 0 Å². The number of ether oxygens (including phenoxy) is 1. The second-order valence-electron chi connectivity index (χ2n) is 5.26. The van der Waals surface area contributed by atoms with Crippen LogP contribution in [0, 0.1) is 5.92 Å². The maximum Gasteiger partial charge on any atom is 0.119 e. The molecule has 1 aromatic rings. The summed E-state index contributed by atoms with van der Waals surface area (Å²) in [7, 11) is 0. The maximum absolute atomic E-state index is 5.73. The zero-order chi connectivity index (χ0) is 12.6. The van der Waals surface area contributed by atoms with Crippen LogP contribution < -0.4 is 4.74 Å². The van der Waals surface area contributed by atoms with Crippen LogP contribution in [0.15, 0.2) is 30.3 Å². The lowest BCUT2D eigenvalue weighted by Gasteiger charge is -2.21. The third-order valence-corrected chi connectivity index (χ3v) is 3.38. The Balaban J connectivity index is 1.60. The van der Waals surface area contributed by atoms with E-state index >= 15 is 0 Å². The van der Waals surface area contributed by atoms with Crippen molar-refractivity contribution in [3.63, 3.8) is 0 Å². The van der Waals surface area contributed by atoms with Gasteiger partial charge in [-0.15, -0.1) is 0 Å². The Labute approximate surface area is 111 Å². The van der Waals surface area contributed by atoms with Crippen LogP contribution >= 0.6 is 0 Å². The van der Waals surface area contributed by atoms with Gasteiger partial charge in [-0.05, 0) is 50.3 Å². The van der Waals surface area contributed by atoms with E-state index in [4.69, 9.17) is 4.74 Å². The van der Waals surface area contributed by atoms with Crippen LogP contribution in [0.4, 0.5) is 0 Å². The van der Waals surface area contributed by atoms with Gasteiger partial charge >= 0.3 is 0 Å². The van der Waals surface area contributed by atoms with Gasteiger partial charge < -0.3 is 9.64 Å². The Morgan fingerprint density at radius 3 is 2.61 bits per heavy atom. The molecule has 0 amide bonds. The molecule has 0 aliphatic heterocycles. The summed E-state index contributed by atoms with van der Waals surface area (Å²) in [5, 5.41) is 0. The van der Waals surface area contributed by atoms with Crippen molar-refractivity contribution in [1.29, 1.82) is 0 Å².